The minimum atomic E-state index is -4.76. The van der Waals surface area contributed by atoms with Crippen molar-refractivity contribution >= 4 is 5.78 Å². The lowest BCUT2D eigenvalue weighted by molar-refractivity contribution is -0.150. The van der Waals surface area contributed by atoms with Crippen LogP contribution in [0, 0.1) is 6.10 Å². The molecule has 0 heterocycles. The van der Waals surface area contributed by atoms with Gasteiger partial charge in [-0.25, -0.2) is 0 Å². The molecule has 15 heavy (non-hydrogen) atoms. The van der Waals surface area contributed by atoms with Crippen LogP contribution >= 0.6 is 0 Å². The molecule has 0 aromatic heterocycles. The van der Waals surface area contributed by atoms with Gasteiger partial charge in [0.25, 0.3) is 6.10 Å². The maximum atomic E-state index is 12.3. The maximum Gasteiger partial charge on any atom is 0.428 e. The molecule has 0 unspecified atom stereocenters. The summed E-state index contributed by atoms with van der Waals surface area (Å²) in [5.74, 6) is -1.16. The van der Waals surface area contributed by atoms with Crippen LogP contribution in [0.15, 0.2) is 30.3 Å². The average Bonchev–Trinajstić information content (AvgIpc) is 2.18. The molecule has 0 saturated carbocycles. The molecule has 0 N–H and O–H groups in total. The van der Waals surface area contributed by atoms with Crippen LogP contribution in [-0.2, 0) is 4.74 Å². The lowest BCUT2D eigenvalue weighted by atomic mass is 10.1. The Balaban J connectivity index is 2.93. The smallest absolute Gasteiger partial charge is 0.359 e. The van der Waals surface area contributed by atoms with E-state index in [4.69, 9.17) is 0 Å². The number of carbonyl (C=O) groups excluding carboxylic acids is 1. The predicted octanol–water partition coefficient (Wildman–Crippen LogP) is 2.61. The van der Waals surface area contributed by atoms with E-state index in [9.17, 15) is 18.0 Å². The molecular weight excluding hydrogens is 209 g/mol. The first-order valence-electron chi connectivity index (χ1n) is 4.04. The van der Waals surface area contributed by atoms with Crippen LogP contribution in [0.25, 0.3) is 0 Å². The van der Waals surface area contributed by atoms with Crippen LogP contribution in [0.2, 0.25) is 0 Å². The molecule has 0 aliphatic heterocycles. The number of alkyl halides is 3. The minimum absolute atomic E-state index is 0.0494. The number of ketones is 1. The van der Waals surface area contributed by atoms with Crippen molar-refractivity contribution in [3.05, 3.63) is 42.0 Å². The van der Waals surface area contributed by atoms with Gasteiger partial charge in [-0.1, -0.05) is 30.3 Å². The Hall–Kier alpha value is -1.36. The van der Waals surface area contributed by atoms with Crippen LogP contribution in [0.3, 0.4) is 0 Å². The van der Waals surface area contributed by atoms with Gasteiger partial charge in [0, 0.05) is 12.7 Å². The van der Waals surface area contributed by atoms with Crippen molar-refractivity contribution in [2.75, 3.05) is 7.11 Å². The number of hydrogen-bond acceptors (Lipinski definition) is 2. The van der Waals surface area contributed by atoms with Crippen LogP contribution in [0.4, 0.5) is 13.2 Å². The SMILES string of the molecule is CO[C](C(=O)c1ccccc1)C(F)(F)F. The van der Waals surface area contributed by atoms with Gasteiger partial charge in [-0.05, 0) is 0 Å². The fraction of sp³-hybridized carbons (Fsp3) is 0.200. The Morgan fingerprint density at radius 1 is 1.20 bits per heavy atom. The van der Waals surface area contributed by atoms with E-state index in [1.54, 1.807) is 6.07 Å². The summed E-state index contributed by atoms with van der Waals surface area (Å²) in [5, 5.41) is 0. The maximum absolute atomic E-state index is 12.3. The van der Waals surface area contributed by atoms with Gasteiger partial charge in [0.2, 0.25) is 5.78 Å². The van der Waals surface area contributed by atoms with Crippen molar-refractivity contribution in [2.24, 2.45) is 0 Å². The quantitative estimate of drug-likeness (QED) is 0.727. The molecule has 1 rings (SSSR count). The third-order valence-electron chi connectivity index (χ3n) is 1.70. The van der Waals surface area contributed by atoms with Crippen molar-refractivity contribution in [3.8, 4) is 0 Å². The first-order valence-corrected chi connectivity index (χ1v) is 4.04. The summed E-state index contributed by atoms with van der Waals surface area (Å²) in [5.41, 5.74) is -0.0494. The monoisotopic (exact) mass is 217 g/mol. The molecule has 0 amide bonds. The number of ether oxygens (including phenoxy) is 1. The van der Waals surface area contributed by atoms with Crippen molar-refractivity contribution in [1.82, 2.24) is 0 Å². The second kappa shape index (κ2) is 4.44. The van der Waals surface area contributed by atoms with Gasteiger partial charge in [-0.3, -0.25) is 4.79 Å². The number of rotatable bonds is 3. The van der Waals surface area contributed by atoms with Crippen LogP contribution in [0.5, 0.6) is 0 Å². The fourth-order valence-corrected chi connectivity index (χ4v) is 1.06. The molecule has 81 valence electrons. The molecule has 0 aliphatic carbocycles. The highest BCUT2D eigenvalue weighted by atomic mass is 19.4. The van der Waals surface area contributed by atoms with Crippen LogP contribution < -0.4 is 0 Å². The number of carbonyl (C=O) groups is 1. The zero-order chi connectivity index (χ0) is 11.5. The Bertz CT molecular complexity index is 332. The van der Waals surface area contributed by atoms with E-state index in [0.717, 1.165) is 7.11 Å². The molecule has 0 fully saturated rings. The summed E-state index contributed by atoms with van der Waals surface area (Å²) in [6, 6.07) is 7.17. The van der Waals surface area contributed by atoms with E-state index < -0.39 is 18.1 Å². The molecule has 1 aromatic rings. The number of hydrogen-bond donors (Lipinski definition) is 0. The highest BCUT2D eigenvalue weighted by molar-refractivity contribution is 6.05. The molecule has 0 atom stereocenters. The van der Waals surface area contributed by atoms with Gasteiger partial charge in [-0.2, -0.15) is 13.2 Å². The van der Waals surface area contributed by atoms with E-state index >= 15 is 0 Å². The molecule has 5 heteroatoms. The molecule has 0 spiro atoms. The Morgan fingerprint density at radius 3 is 2.13 bits per heavy atom. The molecule has 0 aliphatic rings. The van der Waals surface area contributed by atoms with E-state index in [-0.39, 0.29) is 5.56 Å². The van der Waals surface area contributed by atoms with Crippen LogP contribution in [0.1, 0.15) is 10.4 Å². The summed E-state index contributed by atoms with van der Waals surface area (Å²) < 4.78 is 40.9. The second-order valence-corrected chi connectivity index (χ2v) is 2.73. The summed E-state index contributed by atoms with van der Waals surface area (Å²) in [6.07, 6.45) is -6.27. The van der Waals surface area contributed by atoms with Crippen molar-refractivity contribution in [3.63, 3.8) is 0 Å². The van der Waals surface area contributed by atoms with Crippen molar-refractivity contribution in [1.29, 1.82) is 0 Å². The molecule has 1 radical (unpaired) electrons. The van der Waals surface area contributed by atoms with Gasteiger partial charge >= 0.3 is 6.18 Å². The average molecular weight is 217 g/mol. The van der Waals surface area contributed by atoms with Crippen molar-refractivity contribution in [2.45, 2.75) is 6.18 Å². The second-order valence-electron chi connectivity index (χ2n) is 2.73. The van der Waals surface area contributed by atoms with Gasteiger partial charge < -0.3 is 4.74 Å². The molecule has 0 saturated heterocycles. The largest absolute Gasteiger partial charge is 0.428 e. The van der Waals surface area contributed by atoms with Crippen LogP contribution in [-0.4, -0.2) is 19.1 Å². The minimum Gasteiger partial charge on any atom is -0.359 e. The molecule has 1 aromatic carbocycles. The number of Topliss-reactive ketones (excluding diaryl/α,β-unsaturated/α-hetero) is 1. The molecular formula is C10H8F3O2. The fourth-order valence-electron chi connectivity index (χ4n) is 1.06. The van der Waals surface area contributed by atoms with E-state index in [1.165, 1.54) is 24.3 Å². The lowest BCUT2D eigenvalue weighted by Gasteiger charge is -2.15. The Labute approximate surface area is 84.7 Å². The number of halogens is 3. The third-order valence-corrected chi connectivity index (χ3v) is 1.70. The number of methoxy groups -OCH3 is 1. The van der Waals surface area contributed by atoms with Gasteiger partial charge in [0.05, 0.1) is 0 Å². The highest BCUT2D eigenvalue weighted by Crippen LogP contribution is 2.31. The Morgan fingerprint density at radius 2 is 1.73 bits per heavy atom. The molecule has 2 nitrogen and oxygen atoms in total. The first kappa shape index (κ1) is 11.7. The lowest BCUT2D eigenvalue weighted by Crippen LogP contribution is -2.30. The summed E-state index contributed by atoms with van der Waals surface area (Å²) >= 11 is 0. The molecule has 0 bridgehead atoms. The zero-order valence-corrected chi connectivity index (χ0v) is 7.84. The summed E-state index contributed by atoms with van der Waals surface area (Å²) in [4.78, 5) is 11.3. The predicted molar refractivity (Wildman–Crippen MR) is 47.1 cm³/mol. The summed E-state index contributed by atoms with van der Waals surface area (Å²) in [7, 11) is 0.823. The number of benzene rings is 1. The van der Waals surface area contributed by atoms with Gasteiger partial charge in [0.15, 0.2) is 0 Å². The van der Waals surface area contributed by atoms with Crippen molar-refractivity contribution < 1.29 is 22.7 Å². The Kier molecular flexibility index (Phi) is 3.47. The van der Waals surface area contributed by atoms with E-state index in [0.29, 0.717) is 0 Å². The van der Waals surface area contributed by atoms with E-state index in [2.05, 4.69) is 4.74 Å². The normalized spacial score (nSPS) is 11.8. The summed E-state index contributed by atoms with van der Waals surface area (Å²) in [6.45, 7) is 0. The first-order chi connectivity index (χ1) is 6.96. The zero-order valence-electron chi connectivity index (χ0n) is 7.84. The third kappa shape index (κ3) is 2.79. The highest BCUT2D eigenvalue weighted by Gasteiger charge is 2.47. The van der Waals surface area contributed by atoms with Gasteiger partial charge in [0.1, 0.15) is 0 Å². The topological polar surface area (TPSA) is 26.3 Å². The standard InChI is InChI=1S/C10H8F3O2/c1-15-9(10(11,12)13)8(14)7-5-3-2-4-6-7/h2-6H,1H3. The van der Waals surface area contributed by atoms with E-state index in [1.807, 2.05) is 0 Å². The van der Waals surface area contributed by atoms with Gasteiger partial charge in [-0.15, -0.1) is 0 Å².